The van der Waals surface area contributed by atoms with Crippen molar-refractivity contribution in [3.05, 3.63) is 34.9 Å². The summed E-state index contributed by atoms with van der Waals surface area (Å²) in [5, 5.41) is 9.36. The SMILES string of the molecule is Cc1ocnc1C(=O)N1CCN(S(=O)(=O)c2c(C)oc(C)c2C(=O)O)CC1. The Labute approximate surface area is 155 Å². The summed E-state index contributed by atoms with van der Waals surface area (Å²) in [6.45, 7) is 4.83. The number of carboxylic acids is 1. The quantitative estimate of drug-likeness (QED) is 0.809. The Morgan fingerprint density at radius 2 is 1.70 bits per heavy atom. The molecular weight excluding hydrogens is 378 g/mol. The highest BCUT2D eigenvalue weighted by molar-refractivity contribution is 7.89. The van der Waals surface area contributed by atoms with Gasteiger partial charge < -0.3 is 18.8 Å². The Bertz CT molecular complexity index is 997. The van der Waals surface area contributed by atoms with Crippen LogP contribution in [-0.2, 0) is 10.0 Å². The molecule has 0 aromatic carbocycles. The molecule has 2 aromatic heterocycles. The number of carboxylic acid groups (broad SMARTS) is 1. The molecule has 1 fully saturated rings. The molecule has 0 saturated carbocycles. The van der Waals surface area contributed by atoms with E-state index in [2.05, 4.69) is 4.98 Å². The lowest BCUT2D eigenvalue weighted by Gasteiger charge is -2.33. The summed E-state index contributed by atoms with van der Waals surface area (Å²) < 4.78 is 37.4. The van der Waals surface area contributed by atoms with E-state index in [9.17, 15) is 23.1 Å². The number of amides is 1. The zero-order valence-electron chi connectivity index (χ0n) is 15.1. The van der Waals surface area contributed by atoms with Crippen LogP contribution in [0.3, 0.4) is 0 Å². The van der Waals surface area contributed by atoms with Crippen molar-refractivity contribution in [1.29, 1.82) is 0 Å². The van der Waals surface area contributed by atoms with Crippen LogP contribution in [0.25, 0.3) is 0 Å². The Morgan fingerprint density at radius 3 is 2.22 bits per heavy atom. The van der Waals surface area contributed by atoms with Gasteiger partial charge in [0.05, 0.1) is 0 Å². The molecule has 1 N–H and O–H groups in total. The standard InChI is InChI=1S/C16H19N3O7S/c1-9-12(16(21)22)14(11(3)26-9)27(23,24)19-6-4-18(5-7-19)15(20)13-10(2)25-8-17-13/h8H,4-7H2,1-3H3,(H,21,22). The van der Waals surface area contributed by atoms with E-state index >= 15 is 0 Å². The summed E-state index contributed by atoms with van der Waals surface area (Å²) in [6.07, 6.45) is 1.18. The minimum absolute atomic E-state index is 0.0293. The molecule has 0 unspecified atom stereocenters. The van der Waals surface area contributed by atoms with E-state index in [-0.39, 0.29) is 59.8 Å². The van der Waals surface area contributed by atoms with Crippen molar-refractivity contribution < 1.29 is 31.9 Å². The number of hydrogen-bond acceptors (Lipinski definition) is 7. The van der Waals surface area contributed by atoms with Crippen molar-refractivity contribution >= 4 is 21.9 Å². The predicted molar refractivity (Wildman–Crippen MR) is 91.0 cm³/mol. The number of carbonyl (C=O) groups is 2. The first-order valence-electron chi connectivity index (χ1n) is 8.17. The Kier molecular flexibility index (Phi) is 4.82. The van der Waals surface area contributed by atoms with Gasteiger partial charge in [0.1, 0.15) is 27.7 Å². The second-order valence-electron chi connectivity index (χ2n) is 6.18. The Hall–Kier alpha value is -2.66. The van der Waals surface area contributed by atoms with Crippen LogP contribution in [0, 0.1) is 20.8 Å². The molecule has 1 aliphatic rings. The van der Waals surface area contributed by atoms with Crippen LogP contribution >= 0.6 is 0 Å². The first-order valence-corrected chi connectivity index (χ1v) is 9.61. The molecule has 0 radical (unpaired) electrons. The second kappa shape index (κ2) is 6.82. The van der Waals surface area contributed by atoms with E-state index in [1.165, 1.54) is 25.1 Å². The van der Waals surface area contributed by atoms with Crippen molar-refractivity contribution in [3.63, 3.8) is 0 Å². The average Bonchev–Trinajstić information content (AvgIpc) is 3.17. The normalized spacial score (nSPS) is 15.9. The highest BCUT2D eigenvalue weighted by atomic mass is 32.2. The summed E-state index contributed by atoms with van der Waals surface area (Å²) in [4.78, 5) is 29.0. The minimum Gasteiger partial charge on any atom is -0.478 e. The van der Waals surface area contributed by atoms with Gasteiger partial charge >= 0.3 is 5.97 Å². The van der Waals surface area contributed by atoms with Crippen LogP contribution in [0.1, 0.15) is 38.1 Å². The Morgan fingerprint density at radius 1 is 1.07 bits per heavy atom. The molecule has 11 heteroatoms. The van der Waals surface area contributed by atoms with E-state index in [4.69, 9.17) is 8.83 Å². The van der Waals surface area contributed by atoms with Crippen molar-refractivity contribution in [1.82, 2.24) is 14.2 Å². The van der Waals surface area contributed by atoms with Gasteiger partial charge in [-0.05, 0) is 20.8 Å². The number of aromatic nitrogens is 1. The number of aromatic carboxylic acids is 1. The second-order valence-corrected chi connectivity index (χ2v) is 8.05. The van der Waals surface area contributed by atoms with Crippen molar-refractivity contribution in [3.8, 4) is 0 Å². The number of furan rings is 1. The highest BCUT2D eigenvalue weighted by Gasteiger charge is 2.37. The zero-order valence-corrected chi connectivity index (χ0v) is 15.9. The van der Waals surface area contributed by atoms with Gasteiger partial charge in [0.15, 0.2) is 12.1 Å². The van der Waals surface area contributed by atoms with Gasteiger partial charge in [0.25, 0.3) is 5.91 Å². The predicted octanol–water partition coefficient (Wildman–Crippen LogP) is 1.04. The van der Waals surface area contributed by atoms with Crippen LogP contribution < -0.4 is 0 Å². The molecule has 2 aromatic rings. The zero-order chi connectivity index (χ0) is 19.9. The van der Waals surface area contributed by atoms with Gasteiger partial charge in [0, 0.05) is 26.2 Å². The molecule has 1 amide bonds. The average molecular weight is 397 g/mol. The molecule has 10 nitrogen and oxygen atoms in total. The largest absolute Gasteiger partial charge is 0.478 e. The smallest absolute Gasteiger partial charge is 0.340 e. The highest BCUT2D eigenvalue weighted by Crippen LogP contribution is 2.30. The number of oxazole rings is 1. The van der Waals surface area contributed by atoms with Crippen molar-refractivity contribution in [2.45, 2.75) is 25.7 Å². The fourth-order valence-corrected chi connectivity index (χ4v) is 4.94. The van der Waals surface area contributed by atoms with Crippen LogP contribution in [-0.4, -0.2) is 65.8 Å². The monoisotopic (exact) mass is 397 g/mol. The fraction of sp³-hybridized carbons (Fsp3) is 0.438. The minimum atomic E-state index is -4.07. The molecule has 1 aliphatic heterocycles. The lowest BCUT2D eigenvalue weighted by molar-refractivity contribution is 0.0687. The topological polar surface area (TPSA) is 134 Å². The summed E-state index contributed by atoms with van der Waals surface area (Å²) in [6, 6.07) is 0. The molecule has 0 aliphatic carbocycles. The maximum absolute atomic E-state index is 13.0. The number of aryl methyl sites for hydroxylation is 3. The summed E-state index contributed by atoms with van der Waals surface area (Å²) >= 11 is 0. The fourth-order valence-electron chi connectivity index (χ4n) is 3.14. The van der Waals surface area contributed by atoms with Gasteiger partial charge in [-0.25, -0.2) is 18.2 Å². The number of piperazine rings is 1. The first-order chi connectivity index (χ1) is 12.6. The van der Waals surface area contributed by atoms with Crippen LogP contribution in [0.15, 0.2) is 20.1 Å². The van der Waals surface area contributed by atoms with Gasteiger partial charge in [-0.3, -0.25) is 4.79 Å². The van der Waals surface area contributed by atoms with Crippen molar-refractivity contribution in [2.24, 2.45) is 0 Å². The number of sulfonamides is 1. The van der Waals surface area contributed by atoms with Gasteiger partial charge in [-0.2, -0.15) is 4.31 Å². The molecule has 1 saturated heterocycles. The van der Waals surface area contributed by atoms with Crippen molar-refractivity contribution in [2.75, 3.05) is 26.2 Å². The van der Waals surface area contributed by atoms with E-state index in [0.29, 0.717) is 5.76 Å². The lowest BCUT2D eigenvalue weighted by atomic mass is 10.2. The van der Waals surface area contributed by atoms with E-state index in [1.54, 1.807) is 6.92 Å². The third-order valence-corrected chi connectivity index (χ3v) is 6.54. The number of nitrogens with zero attached hydrogens (tertiary/aromatic N) is 3. The summed E-state index contributed by atoms with van der Waals surface area (Å²) in [7, 11) is -4.07. The number of hydrogen-bond donors (Lipinski definition) is 1. The summed E-state index contributed by atoms with van der Waals surface area (Å²) in [5.74, 6) is -1.24. The number of carbonyl (C=O) groups excluding carboxylic acids is 1. The third-order valence-electron chi connectivity index (χ3n) is 4.49. The maximum atomic E-state index is 13.0. The molecule has 0 spiro atoms. The van der Waals surface area contributed by atoms with E-state index in [0.717, 1.165) is 4.31 Å². The molecular formula is C16H19N3O7S. The molecule has 0 bridgehead atoms. The number of rotatable bonds is 4. The molecule has 3 heterocycles. The third kappa shape index (κ3) is 3.23. The molecule has 0 atom stereocenters. The van der Waals surface area contributed by atoms with Gasteiger partial charge in [0.2, 0.25) is 10.0 Å². The van der Waals surface area contributed by atoms with Crippen LogP contribution in [0.2, 0.25) is 0 Å². The maximum Gasteiger partial charge on any atom is 0.340 e. The molecule has 3 rings (SSSR count). The molecule has 146 valence electrons. The Balaban J connectivity index is 1.81. The first kappa shape index (κ1) is 19.1. The van der Waals surface area contributed by atoms with Gasteiger partial charge in [-0.15, -0.1) is 0 Å². The van der Waals surface area contributed by atoms with E-state index in [1.807, 2.05) is 0 Å². The summed E-state index contributed by atoms with van der Waals surface area (Å²) in [5.41, 5.74) is -0.162. The van der Waals surface area contributed by atoms with E-state index < -0.39 is 16.0 Å². The van der Waals surface area contributed by atoms with Crippen LogP contribution in [0.4, 0.5) is 0 Å². The van der Waals surface area contributed by atoms with Crippen LogP contribution in [0.5, 0.6) is 0 Å². The molecule has 27 heavy (non-hydrogen) atoms. The lowest BCUT2D eigenvalue weighted by Crippen LogP contribution is -2.50. The van der Waals surface area contributed by atoms with Gasteiger partial charge in [-0.1, -0.05) is 0 Å².